The van der Waals surface area contributed by atoms with Crippen LogP contribution in [0.5, 0.6) is 0 Å². The fraction of sp³-hybridized carbons (Fsp3) is 0. The van der Waals surface area contributed by atoms with Crippen LogP contribution in [0.4, 0.5) is 0 Å². The van der Waals surface area contributed by atoms with Crippen LogP contribution in [0.3, 0.4) is 0 Å². The molecule has 1 aromatic carbocycles. The second-order valence-corrected chi connectivity index (χ2v) is 3.93. The molecule has 3 rings (SSSR count). The van der Waals surface area contributed by atoms with E-state index in [0.29, 0.717) is 0 Å². The van der Waals surface area contributed by atoms with Gasteiger partial charge < -0.3 is 0 Å². The minimum atomic E-state index is 0.834. The van der Waals surface area contributed by atoms with Crippen molar-refractivity contribution in [1.82, 2.24) is 15.2 Å². The number of rotatable bonds is 1. The maximum absolute atomic E-state index is 4.27. The van der Waals surface area contributed by atoms with Crippen molar-refractivity contribution >= 4 is 22.4 Å². The van der Waals surface area contributed by atoms with E-state index in [1.165, 1.54) is 11.9 Å². The maximum atomic E-state index is 4.27. The average molecular weight is 213 g/mol. The molecule has 15 heavy (non-hydrogen) atoms. The van der Waals surface area contributed by atoms with E-state index in [-0.39, 0.29) is 0 Å². The molecule has 2 heterocycles. The normalized spacial score (nSPS) is 10.7. The van der Waals surface area contributed by atoms with Crippen LogP contribution in [0.2, 0.25) is 0 Å². The Bertz CT molecular complexity index is 584. The fourth-order valence-corrected chi connectivity index (χ4v) is 2.23. The number of thiophene rings is 1. The van der Waals surface area contributed by atoms with Crippen molar-refractivity contribution in [3.05, 3.63) is 41.4 Å². The number of hydrogen-bond acceptors (Lipinski definition) is 4. The summed E-state index contributed by atoms with van der Waals surface area (Å²) < 4.78 is 0. The number of hydrogen-bond donors (Lipinski definition) is 0. The van der Waals surface area contributed by atoms with Crippen molar-refractivity contribution in [3.63, 3.8) is 0 Å². The monoisotopic (exact) mass is 213 g/mol. The first-order chi connectivity index (χ1) is 7.45. The predicted octanol–water partition coefficient (Wildman–Crippen LogP) is 2.75. The van der Waals surface area contributed by atoms with Gasteiger partial charge in [-0.3, -0.25) is 0 Å². The Balaban J connectivity index is 2.36. The molecule has 0 saturated heterocycles. The number of para-hydroxylation sites is 1. The highest BCUT2D eigenvalue weighted by Crippen LogP contribution is 2.27. The summed E-state index contributed by atoms with van der Waals surface area (Å²) in [7, 11) is 0. The van der Waals surface area contributed by atoms with Gasteiger partial charge in [-0.1, -0.05) is 12.1 Å². The first-order valence-corrected chi connectivity index (χ1v) is 5.48. The molecule has 3 aromatic rings. The number of benzene rings is 1. The van der Waals surface area contributed by atoms with Gasteiger partial charge in [-0.05, 0) is 28.5 Å². The highest BCUT2D eigenvalue weighted by atomic mass is 32.1. The molecule has 0 N–H and O–H groups in total. The number of fused-ring (bicyclic) bond motifs is 1. The van der Waals surface area contributed by atoms with E-state index in [2.05, 4.69) is 38.1 Å². The van der Waals surface area contributed by atoms with Gasteiger partial charge in [-0.15, -0.1) is 10.2 Å². The fourth-order valence-electron chi connectivity index (χ4n) is 1.57. The quantitative estimate of drug-likeness (QED) is 0.624. The molecular weight excluding hydrogens is 206 g/mol. The van der Waals surface area contributed by atoms with Crippen molar-refractivity contribution in [3.8, 4) is 11.1 Å². The lowest BCUT2D eigenvalue weighted by atomic mass is 10.1. The van der Waals surface area contributed by atoms with Crippen molar-refractivity contribution in [2.45, 2.75) is 0 Å². The zero-order chi connectivity index (χ0) is 10.1. The van der Waals surface area contributed by atoms with Gasteiger partial charge in [0.25, 0.3) is 0 Å². The molecule has 0 saturated carbocycles. The second-order valence-electron chi connectivity index (χ2n) is 3.15. The molecule has 0 amide bonds. The van der Waals surface area contributed by atoms with Crippen LogP contribution in [-0.4, -0.2) is 15.2 Å². The van der Waals surface area contributed by atoms with Crippen LogP contribution < -0.4 is 0 Å². The molecule has 0 unspecified atom stereocenters. The zero-order valence-electron chi connectivity index (χ0n) is 7.79. The van der Waals surface area contributed by atoms with E-state index >= 15 is 0 Å². The van der Waals surface area contributed by atoms with Gasteiger partial charge in [-0.25, -0.2) is 4.98 Å². The Morgan fingerprint density at radius 2 is 2.13 bits per heavy atom. The lowest BCUT2D eigenvalue weighted by Crippen LogP contribution is -1.88. The summed E-state index contributed by atoms with van der Waals surface area (Å²) >= 11 is 1.68. The minimum Gasteiger partial charge on any atom is -0.232 e. The predicted molar refractivity (Wildman–Crippen MR) is 60.6 cm³/mol. The first-order valence-electron chi connectivity index (χ1n) is 4.54. The molecule has 0 aliphatic heterocycles. The Kier molecular flexibility index (Phi) is 1.93. The third-order valence-electron chi connectivity index (χ3n) is 2.25. The van der Waals surface area contributed by atoms with Gasteiger partial charge >= 0.3 is 0 Å². The first kappa shape index (κ1) is 8.49. The van der Waals surface area contributed by atoms with E-state index in [1.54, 1.807) is 11.3 Å². The summed E-state index contributed by atoms with van der Waals surface area (Å²) in [6.45, 7) is 0. The highest BCUT2D eigenvalue weighted by molar-refractivity contribution is 7.08. The van der Waals surface area contributed by atoms with Crippen LogP contribution in [0, 0.1) is 0 Å². The van der Waals surface area contributed by atoms with Gasteiger partial charge in [0.15, 0.2) is 0 Å². The number of nitrogens with zero attached hydrogens (tertiary/aromatic N) is 3. The van der Waals surface area contributed by atoms with Crippen molar-refractivity contribution in [1.29, 1.82) is 0 Å². The van der Waals surface area contributed by atoms with E-state index in [1.807, 2.05) is 12.1 Å². The molecule has 0 aliphatic rings. The molecule has 0 atom stereocenters. The van der Waals surface area contributed by atoms with Gasteiger partial charge in [-0.2, -0.15) is 11.3 Å². The van der Waals surface area contributed by atoms with Gasteiger partial charge in [0.05, 0.1) is 0 Å². The Morgan fingerprint density at radius 3 is 3.00 bits per heavy atom. The number of aromatic nitrogens is 3. The zero-order valence-corrected chi connectivity index (χ0v) is 8.61. The lowest BCUT2D eigenvalue weighted by molar-refractivity contribution is 1.02. The molecule has 0 bridgehead atoms. The summed E-state index contributed by atoms with van der Waals surface area (Å²) in [6.07, 6.45) is 1.48. The molecule has 0 aliphatic carbocycles. The maximum Gasteiger partial charge on any atom is 0.138 e. The summed E-state index contributed by atoms with van der Waals surface area (Å²) in [5.74, 6) is 0. The summed E-state index contributed by atoms with van der Waals surface area (Å²) in [6, 6.07) is 8.04. The van der Waals surface area contributed by atoms with E-state index in [0.717, 1.165) is 16.6 Å². The SMILES string of the molecule is c1cc(-c2ccsc2)c2ncnnc2c1. The van der Waals surface area contributed by atoms with E-state index < -0.39 is 0 Å². The molecule has 2 aromatic heterocycles. The van der Waals surface area contributed by atoms with Crippen LogP contribution in [-0.2, 0) is 0 Å². The molecule has 72 valence electrons. The van der Waals surface area contributed by atoms with Gasteiger partial charge in [0, 0.05) is 5.56 Å². The molecule has 4 heteroatoms. The summed E-state index contributed by atoms with van der Waals surface area (Å²) in [5.41, 5.74) is 4.04. The van der Waals surface area contributed by atoms with Crippen molar-refractivity contribution in [2.24, 2.45) is 0 Å². The third kappa shape index (κ3) is 1.39. The average Bonchev–Trinajstić information content (AvgIpc) is 2.82. The highest BCUT2D eigenvalue weighted by Gasteiger charge is 2.05. The van der Waals surface area contributed by atoms with Crippen molar-refractivity contribution in [2.75, 3.05) is 0 Å². The van der Waals surface area contributed by atoms with Gasteiger partial charge in [0.1, 0.15) is 17.4 Å². The van der Waals surface area contributed by atoms with Crippen LogP contribution in [0.1, 0.15) is 0 Å². The van der Waals surface area contributed by atoms with Gasteiger partial charge in [0.2, 0.25) is 0 Å². The Morgan fingerprint density at radius 1 is 1.13 bits per heavy atom. The Hall–Kier alpha value is -1.81. The van der Waals surface area contributed by atoms with Crippen LogP contribution in [0.15, 0.2) is 41.4 Å². The smallest absolute Gasteiger partial charge is 0.138 e. The topological polar surface area (TPSA) is 38.7 Å². The molecule has 0 fully saturated rings. The van der Waals surface area contributed by atoms with Crippen LogP contribution in [0.25, 0.3) is 22.2 Å². The largest absolute Gasteiger partial charge is 0.232 e. The third-order valence-corrected chi connectivity index (χ3v) is 2.93. The molecule has 3 nitrogen and oxygen atoms in total. The Labute approximate surface area is 90.4 Å². The van der Waals surface area contributed by atoms with Crippen LogP contribution >= 0.6 is 11.3 Å². The molecule has 0 radical (unpaired) electrons. The van der Waals surface area contributed by atoms with Crippen molar-refractivity contribution < 1.29 is 0 Å². The minimum absolute atomic E-state index is 0.834. The molecular formula is C11H7N3S. The lowest BCUT2D eigenvalue weighted by Gasteiger charge is -2.01. The van der Waals surface area contributed by atoms with E-state index in [9.17, 15) is 0 Å². The molecule has 0 spiro atoms. The van der Waals surface area contributed by atoms with E-state index in [4.69, 9.17) is 0 Å². The second kappa shape index (κ2) is 3.40. The summed E-state index contributed by atoms with van der Waals surface area (Å²) in [4.78, 5) is 4.27. The summed E-state index contributed by atoms with van der Waals surface area (Å²) in [5, 5.41) is 12.0. The standard InChI is InChI=1S/C11H7N3S/c1-2-9(8-4-5-15-6-8)11-10(3-1)14-13-7-12-11/h1-7H.